The summed E-state index contributed by atoms with van der Waals surface area (Å²) in [6.45, 7) is 3.08. The molecule has 0 fully saturated rings. The van der Waals surface area contributed by atoms with Crippen LogP contribution in [0.1, 0.15) is 33.0 Å². The van der Waals surface area contributed by atoms with Gasteiger partial charge in [0, 0.05) is 33.5 Å². The number of anilines is 1. The van der Waals surface area contributed by atoms with Crippen molar-refractivity contribution in [3.8, 4) is 0 Å². The summed E-state index contributed by atoms with van der Waals surface area (Å²) in [5.41, 5.74) is -0.217. The Morgan fingerprint density at radius 3 is 2.54 bits per heavy atom. The van der Waals surface area contributed by atoms with Gasteiger partial charge in [0.25, 0.3) is 5.91 Å². The molecule has 1 amide bonds. The highest BCUT2D eigenvalue weighted by Gasteiger charge is 2.17. The minimum absolute atomic E-state index is 0.00682. The van der Waals surface area contributed by atoms with Gasteiger partial charge >= 0.3 is 11.7 Å². The fraction of sp³-hybridized carbons (Fsp3) is 0.278. The van der Waals surface area contributed by atoms with E-state index in [0.29, 0.717) is 5.56 Å². The number of hydrogen-bond donors (Lipinski definition) is 1. The molecule has 0 aliphatic carbocycles. The lowest BCUT2D eigenvalue weighted by Crippen LogP contribution is -2.21. The Morgan fingerprint density at radius 2 is 1.93 bits per heavy atom. The first-order valence-electron chi connectivity index (χ1n) is 8.17. The molecule has 2 aromatic rings. The normalized spacial score (nSPS) is 10.4. The number of nitrogens with one attached hydrogen (secondary N) is 1. The number of thiophene rings is 1. The smallest absolute Gasteiger partial charge is 0.306 e. The van der Waals surface area contributed by atoms with Crippen molar-refractivity contribution in [1.29, 1.82) is 0 Å². The number of carbonyl (C=O) groups is 3. The number of nitrogens with zero attached hydrogens (tertiary/aromatic N) is 1. The van der Waals surface area contributed by atoms with Gasteiger partial charge in [-0.2, -0.15) is 4.39 Å². The third-order valence-corrected chi connectivity index (χ3v) is 4.65. The van der Waals surface area contributed by atoms with Gasteiger partial charge in [-0.3, -0.25) is 24.5 Å². The average molecular weight is 408 g/mol. The fourth-order valence-electron chi connectivity index (χ4n) is 2.40. The summed E-state index contributed by atoms with van der Waals surface area (Å²) in [7, 11) is 0. The first-order valence-corrected chi connectivity index (χ1v) is 8.98. The molecule has 0 aliphatic heterocycles. The molecule has 0 saturated heterocycles. The number of ketones is 1. The molecule has 1 aromatic heterocycles. The van der Waals surface area contributed by atoms with Gasteiger partial charge in [-0.1, -0.05) is 0 Å². The van der Waals surface area contributed by atoms with E-state index in [1.54, 1.807) is 6.07 Å². The Bertz CT molecular complexity index is 940. The summed E-state index contributed by atoms with van der Waals surface area (Å²) in [5, 5.41) is 13.0. The van der Waals surface area contributed by atoms with Crippen molar-refractivity contribution >= 4 is 40.4 Å². The predicted octanol–water partition coefficient (Wildman–Crippen LogP) is 3.56. The highest BCUT2D eigenvalue weighted by atomic mass is 32.1. The summed E-state index contributed by atoms with van der Waals surface area (Å²) in [5.74, 6) is -2.68. The molecule has 2 rings (SSSR count). The maximum atomic E-state index is 13.3. The van der Waals surface area contributed by atoms with E-state index in [1.165, 1.54) is 11.3 Å². The number of halogens is 1. The van der Waals surface area contributed by atoms with Crippen molar-refractivity contribution in [2.45, 2.75) is 26.7 Å². The Morgan fingerprint density at radius 1 is 1.21 bits per heavy atom. The number of ether oxygens (including phenoxy) is 1. The molecule has 0 aliphatic rings. The molecule has 1 aromatic carbocycles. The number of hydrogen-bond acceptors (Lipinski definition) is 7. The maximum Gasteiger partial charge on any atom is 0.306 e. The number of rotatable bonds is 8. The Kier molecular flexibility index (Phi) is 6.94. The summed E-state index contributed by atoms with van der Waals surface area (Å²) in [4.78, 5) is 47.3. The first-order chi connectivity index (χ1) is 13.2. The zero-order valence-electron chi connectivity index (χ0n) is 15.1. The van der Waals surface area contributed by atoms with Crippen LogP contribution in [0.25, 0.3) is 0 Å². The van der Waals surface area contributed by atoms with E-state index >= 15 is 0 Å². The molecule has 0 radical (unpaired) electrons. The molecular weight excluding hydrogens is 391 g/mol. The first kappa shape index (κ1) is 21.2. The van der Waals surface area contributed by atoms with Crippen LogP contribution >= 0.6 is 11.3 Å². The minimum atomic E-state index is -1.03. The number of carbonyl (C=O) groups excluding carboxylic acids is 3. The van der Waals surface area contributed by atoms with Crippen LogP contribution in [0.15, 0.2) is 24.3 Å². The molecule has 28 heavy (non-hydrogen) atoms. The van der Waals surface area contributed by atoms with Crippen LogP contribution in [0.4, 0.5) is 15.8 Å². The second-order valence-corrected chi connectivity index (χ2v) is 7.34. The van der Waals surface area contributed by atoms with E-state index in [2.05, 4.69) is 5.32 Å². The van der Waals surface area contributed by atoms with Crippen molar-refractivity contribution < 1.29 is 28.4 Å². The van der Waals surface area contributed by atoms with E-state index in [0.717, 1.165) is 28.0 Å². The van der Waals surface area contributed by atoms with Crippen molar-refractivity contribution in [2.75, 3.05) is 11.9 Å². The van der Waals surface area contributed by atoms with Crippen molar-refractivity contribution in [3.63, 3.8) is 0 Å². The Labute approximate surface area is 163 Å². The Hall–Kier alpha value is -3.14. The summed E-state index contributed by atoms with van der Waals surface area (Å²) >= 11 is 1.49. The maximum absolute atomic E-state index is 13.3. The third kappa shape index (κ3) is 5.68. The number of benzene rings is 1. The highest BCUT2D eigenvalue weighted by Crippen LogP contribution is 2.23. The lowest BCUT2D eigenvalue weighted by atomic mass is 10.1. The van der Waals surface area contributed by atoms with Crippen LogP contribution < -0.4 is 5.32 Å². The van der Waals surface area contributed by atoms with Crippen LogP contribution in [0.3, 0.4) is 0 Å². The van der Waals surface area contributed by atoms with Crippen molar-refractivity contribution in [2.24, 2.45) is 0 Å². The molecule has 0 unspecified atom stereocenters. The second-order valence-electron chi connectivity index (χ2n) is 5.88. The van der Waals surface area contributed by atoms with E-state index in [4.69, 9.17) is 4.74 Å². The molecule has 0 spiro atoms. The quantitative estimate of drug-likeness (QED) is 0.309. The van der Waals surface area contributed by atoms with E-state index in [9.17, 15) is 28.9 Å². The molecule has 148 valence electrons. The molecule has 0 bridgehead atoms. The monoisotopic (exact) mass is 408 g/mol. The molecule has 8 nitrogen and oxygen atoms in total. The number of nitro benzene ring substituents is 1. The molecule has 0 saturated carbocycles. The van der Waals surface area contributed by atoms with E-state index in [1.807, 2.05) is 13.8 Å². The van der Waals surface area contributed by atoms with Crippen LogP contribution in [-0.4, -0.2) is 29.2 Å². The lowest BCUT2D eigenvalue weighted by molar-refractivity contribution is -0.387. The van der Waals surface area contributed by atoms with Crippen LogP contribution in [0.5, 0.6) is 0 Å². The molecule has 1 heterocycles. The van der Waals surface area contributed by atoms with Crippen molar-refractivity contribution in [1.82, 2.24) is 0 Å². The van der Waals surface area contributed by atoms with Gasteiger partial charge in [-0.15, -0.1) is 11.3 Å². The van der Waals surface area contributed by atoms with Gasteiger partial charge in [-0.25, -0.2) is 0 Å². The standard InChI is InChI=1S/C18H17FN2O6S/c1-10-7-13(11(2)28-10)16(22)5-6-18(24)27-9-17(23)20-12-3-4-14(19)15(8-12)21(25)26/h3-4,7-8H,5-6,9H2,1-2H3,(H,20,23). The largest absolute Gasteiger partial charge is 0.456 e. The van der Waals surface area contributed by atoms with Crippen LogP contribution in [0.2, 0.25) is 0 Å². The molecular formula is C18H17FN2O6S. The fourth-order valence-corrected chi connectivity index (χ4v) is 3.35. The van der Waals surface area contributed by atoms with Crippen LogP contribution in [0, 0.1) is 29.8 Å². The predicted molar refractivity (Wildman–Crippen MR) is 100 cm³/mol. The number of aryl methyl sites for hydroxylation is 2. The number of amides is 1. The summed E-state index contributed by atoms with van der Waals surface area (Å²) < 4.78 is 18.1. The molecule has 10 heteroatoms. The van der Waals surface area contributed by atoms with Gasteiger partial charge in [0.1, 0.15) is 0 Å². The van der Waals surface area contributed by atoms with Gasteiger partial charge in [0.05, 0.1) is 11.3 Å². The van der Waals surface area contributed by atoms with E-state index in [-0.39, 0.29) is 24.3 Å². The topological polar surface area (TPSA) is 116 Å². The van der Waals surface area contributed by atoms with Gasteiger partial charge in [0.15, 0.2) is 12.4 Å². The van der Waals surface area contributed by atoms with Gasteiger partial charge in [-0.05, 0) is 32.0 Å². The van der Waals surface area contributed by atoms with E-state index < -0.39 is 34.9 Å². The zero-order valence-corrected chi connectivity index (χ0v) is 15.9. The number of Topliss-reactive ketones (excluding diaryl/α,β-unsaturated/α-hetero) is 1. The zero-order chi connectivity index (χ0) is 20.8. The third-order valence-electron chi connectivity index (χ3n) is 3.69. The molecule has 1 N–H and O–H groups in total. The van der Waals surface area contributed by atoms with Gasteiger partial charge in [0.2, 0.25) is 5.82 Å². The highest BCUT2D eigenvalue weighted by molar-refractivity contribution is 7.12. The average Bonchev–Trinajstić information content (AvgIpc) is 2.97. The number of nitro groups is 1. The second kappa shape index (κ2) is 9.18. The minimum Gasteiger partial charge on any atom is -0.456 e. The summed E-state index contributed by atoms with van der Waals surface area (Å²) in [6, 6.07) is 4.62. The lowest BCUT2D eigenvalue weighted by Gasteiger charge is -2.07. The number of esters is 1. The Balaban J connectivity index is 1.80. The van der Waals surface area contributed by atoms with Crippen molar-refractivity contribution in [3.05, 3.63) is 55.5 Å². The summed E-state index contributed by atoms with van der Waals surface area (Å²) in [6.07, 6.45) is -0.218. The molecule has 0 atom stereocenters. The van der Waals surface area contributed by atoms with Crippen LogP contribution in [-0.2, 0) is 14.3 Å². The SMILES string of the molecule is Cc1cc(C(=O)CCC(=O)OCC(=O)Nc2ccc(F)c([N+](=O)[O-])c2)c(C)s1. The van der Waals surface area contributed by atoms with Gasteiger partial charge < -0.3 is 10.1 Å².